The first-order valence-electron chi connectivity index (χ1n) is 23.5. The van der Waals surface area contributed by atoms with Crippen molar-refractivity contribution in [3.05, 3.63) is 157 Å². The van der Waals surface area contributed by atoms with E-state index in [4.69, 9.17) is 51.8 Å². The number of carbonyl (C=O) groups excluding carboxylic acids is 5. The molecule has 0 N–H and O–H groups in total. The monoisotopic (exact) mass is 1000 g/mol. The Kier molecular flexibility index (Phi) is 17.3. The highest BCUT2D eigenvalue weighted by Crippen LogP contribution is 2.40. The third-order valence-electron chi connectivity index (χ3n) is 12.2. The van der Waals surface area contributed by atoms with Crippen molar-refractivity contribution in [1.82, 2.24) is 0 Å². The van der Waals surface area contributed by atoms with Gasteiger partial charge in [0.1, 0.15) is 23.7 Å². The SMILES string of the molecule is COc1ccc(O[C@@H]2O[C@H](CO[Si](c3ccccc3)(c3ccccc3)C(C)(C)C)[C@H](O[C@@H]3O[C@@H](C)[C@H](OC(C)=O)[C@@H](OC(C)=O)[C@H]3OC(C)=O)[C@H](OC(=O)c3ccccc3)[C@H]2OC(=O)c2ccccc2)cc1. The van der Waals surface area contributed by atoms with E-state index in [1.54, 1.807) is 91.9 Å². The van der Waals surface area contributed by atoms with Crippen LogP contribution >= 0.6 is 0 Å². The normalized spacial score (nSPS) is 24.2. The average molecular weight is 1010 g/mol. The molecule has 0 bridgehead atoms. The molecule has 2 saturated heterocycles. The fraction of sp³-hybridized carbons (Fsp3) is 0.364. The number of methoxy groups -OCH3 is 1. The number of carbonyl (C=O) groups is 5. The molecule has 10 atom stereocenters. The summed E-state index contributed by atoms with van der Waals surface area (Å²) in [4.78, 5) is 67.1. The lowest BCUT2D eigenvalue weighted by Gasteiger charge is -2.49. The van der Waals surface area contributed by atoms with Gasteiger partial charge in [0.15, 0.2) is 30.7 Å². The van der Waals surface area contributed by atoms with Crippen LogP contribution in [0.25, 0.3) is 0 Å². The number of benzene rings is 5. The lowest BCUT2D eigenvalue weighted by molar-refractivity contribution is -0.349. The molecule has 380 valence electrons. The Balaban J connectivity index is 1.43. The van der Waals surface area contributed by atoms with Gasteiger partial charge in [-0.3, -0.25) is 14.4 Å². The Bertz CT molecular complexity index is 2550. The third kappa shape index (κ3) is 12.4. The molecule has 17 heteroatoms. The summed E-state index contributed by atoms with van der Waals surface area (Å²) in [7, 11) is -1.88. The van der Waals surface area contributed by atoms with Crippen LogP contribution in [-0.4, -0.2) is 113 Å². The average Bonchev–Trinajstić information content (AvgIpc) is 3.36. The molecule has 7 rings (SSSR count). The summed E-state index contributed by atoms with van der Waals surface area (Å²) in [6.45, 7) is 11.0. The minimum Gasteiger partial charge on any atom is -0.497 e. The van der Waals surface area contributed by atoms with Gasteiger partial charge in [-0.2, -0.15) is 0 Å². The largest absolute Gasteiger partial charge is 0.497 e. The van der Waals surface area contributed by atoms with Crippen LogP contribution in [-0.2, 0) is 56.7 Å². The van der Waals surface area contributed by atoms with E-state index >= 15 is 0 Å². The summed E-state index contributed by atoms with van der Waals surface area (Å²) >= 11 is 0. The van der Waals surface area contributed by atoms with Crippen molar-refractivity contribution in [3.63, 3.8) is 0 Å². The zero-order valence-electron chi connectivity index (χ0n) is 41.4. The van der Waals surface area contributed by atoms with Crippen molar-refractivity contribution in [3.8, 4) is 11.5 Å². The predicted molar refractivity (Wildman–Crippen MR) is 263 cm³/mol. The molecule has 0 saturated carbocycles. The first kappa shape index (κ1) is 52.9. The van der Waals surface area contributed by atoms with Gasteiger partial charge in [-0.1, -0.05) is 118 Å². The van der Waals surface area contributed by atoms with Gasteiger partial charge in [0.25, 0.3) is 8.32 Å². The summed E-state index contributed by atoms with van der Waals surface area (Å²) in [6, 6.07) is 42.7. The summed E-state index contributed by atoms with van der Waals surface area (Å²) in [6.07, 6.45) is -14.7. The Morgan fingerprint density at radius 2 is 0.917 bits per heavy atom. The molecule has 5 aromatic carbocycles. The molecule has 0 aromatic heterocycles. The molecular weight excluding hydrogens is 945 g/mol. The van der Waals surface area contributed by atoms with E-state index in [2.05, 4.69) is 20.8 Å². The zero-order chi connectivity index (χ0) is 51.6. The molecule has 2 aliphatic heterocycles. The summed E-state index contributed by atoms with van der Waals surface area (Å²) in [5.41, 5.74) is 0.298. The van der Waals surface area contributed by atoms with E-state index in [1.807, 2.05) is 60.7 Å². The third-order valence-corrected chi connectivity index (χ3v) is 17.2. The summed E-state index contributed by atoms with van der Waals surface area (Å²) in [5, 5.41) is 1.33. The zero-order valence-corrected chi connectivity index (χ0v) is 42.4. The van der Waals surface area contributed by atoms with Crippen LogP contribution in [0.3, 0.4) is 0 Å². The molecule has 0 unspecified atom stereocenters. The number of hydrogen-bond donors (Lipinski definition) is 0. The van der Waals surface area contributed by atoms with Gasteiger partial charge >= 0.3 is 29.8 Å². The van der Waals surface area contributed by atoms with E-state index in [0.29, 0.717) is 5.75 Å². The number of rotatable bonds is 17. The van der Waals surface area contributed by atoms with Crippen molar-refractivity contribution in [2.75, 3.05) is 13.7 Å². The van der Waals surface area contributed by atoms with Crippen molar-refractivity contribution >= 4 is 48.5 Å². The molecular formula is C55H60O16Si. The van der Waals surface area contributed by atoms with Crippen molar-refractivity contribution < 1.29 is 75.8 Å². The molecule has 0 amide bonds. The second-order valence-corrected chi connectivity index (χ2v) is 22.6. The molecule has 2 heterocycles. The maximum Gasteiger partial charge on any atom is 0.338 e. The Labute approximate surface area is 419 Å². The molecule has 72 heavy (non-hydrogen) atoms. The summed E-state index contributed by atoms with van der Waals surface area (Å²) in [5.74, 6) is -3.21. The lowest BCUT2D eigenvalue weighted by Crippen LogP contribution is -2.70. The van der Waals surface area contributed by atoms with Crippen molar-refractivity contribution in [1.29, 1.82) is 0 Å². The van der Waals surface area contributed by atoms with E-state index in [0.717, 1.165) is 24.2 Å². The molecule has 0 radical (unpaired) electrons. The van der Waals surface area contributed by atoms with E-state index in [-0.39, 0.29) is 23.5 Å². The van der Waals surface area contributed by atoms with Crippen LogP contribution in [0, 0.1) is 0 Å². The second-order valence-electron chi connectivity index (χ2n) is 18.3. The minimum atomic E-state index is -3.41. The molecule has 2 fully saturated rings. The Morgan fingerprint density at radius 1 is 0.500 bits per heavy atom. The number of esters is 5. The van der Waals surface area contributed by atoms with Crippen LogP contribution in [0.5, 0.6) is 11.5 Å². The molecule has 16 nitrogen and oxygen atoms in total. The highest BCUT2D eigenvalue weighted by Gasteiger charge is 2.59. The first-order valence-corrected chi connectivity index (χ1v) is 25.5. The minimum absolute atomic E-state index is 0.142. The summed E-state index contributed by atoms with van der Waals surface area (Å²) < 4.78 is 70.0. The van der Waals surface area contributed by atoms with Crippen molar-refractivity contribution in [2.24, 2.45) is 0 Å². The van der Waals surface area contributed by atoms with Crippen LogP contribution < -0.4 is 19.8 Å². The molecule has 2 aliphatic rings. The standard InChI is InChI=1S/C55H60O16Si/c1-34-45(64-35(2)56)47(65-36(3)57)49(66-37(4)58)53(63-34)71-46-44(33-62-72(55(5,6)7,42-25-17-11-18-26-42)43-27-19-12-20-28-43)68-54(67-41-31-29-40(61-8)30-32-41)50(70-52(60)39-23-15-10-16-24-39)48(46)69-51(59)38-21-13-9-14-22-38/h9-32,34,44-50,53-54H,33H2,1-8H3/t34-,44+,45-,46-,47+,48-,49+,50+,53-,54+/m0/s1. The van der Waals surface area contributed by atoms with Crippen LogP contribution in [0.2, 0.25) is 5.04 Å². The first-order chi connectivity index (χ1) is 34.5. The van der Waals surface area contributed by atoms with Crippen LogP contribution in [0.1, 0.15) is 69.2 Å². The highest BCUT2D eigenvalue weighted by atomic mass is 28.4. The van der Waals surface area contributed by atoms with Gasteiger partial charge in [-0.05, 0) is 70.9 Å². The van der Waals surface area contributed by atoms with Gasteiger partial charge in [-0.15, -0.1) is 0 Å². The number of ether oxygens (including phenoxy) is 10. The van der Waals surface area contributed by atoms with E-state index < -0.39 is 105 Å². The Hall–Kier alpha value is -6.89. The fourth-order valence-corrected chi connectivity index (χ4v) is 13.6. The second kappa shape index (κ2) is 23.6. The maximum atomic E-state index is 14.5. The molecule has 5 aromatic rings. The molecule has 0 spiro atoms. The number of hydrogen-bond acceptors (Lipinski definition) is 16. The predicted octanol–water partition coefficient (Wildman–Crippen LogP) is 6.75. The topological polar surface area (TPSA) is 187 Å². The van der Waals surface area contributed by atoms with Gasteiger partial charge < -0.3 is 51.8 Å². The van der Waals surface area contributed by atoms with Gasteiger partial charge in [0, 0.05) is 20.8 Å². The van der Waals surface area contributed by atoms with Gasteiger partial charge in [0.2, 0.25) is 12.4 Å². The lowest BCUT2D eigenvalue weighted by atomic mass is 9.96. The van der Waals surface area contributed by atoms with Gasteiger partial charge in [0.05, 0.1) is 30.9 Å². The maximum absolute atomic E-state index is 14.5. The van der Waals surface area contributed by atoms with Crippen LogP contribution in [0.4, 0.5) is 0 Å². The molecule has 0 aliphatic carbocycles. The highest BCUT2D eigenvalue weighted by molar-refractivity contribution is 6.99. The smallest absolute Gasteiger partial charge is 0.338 e. The van der Waals surface area contributed by atoms with Crippen molar-refractivity contribution in [2.45, 2.75) is 115 Å². The fourth-order valence-electron chi connectivity index (χ4n) is 9.05. The Morgan fingerprint density at radius 3 is 1.39 bits per heavy atom. The van der Waals surface area contributed by atoms with E-state index in [9.17, 15) is 24.0 Å². The quantitative estimate of drug-likeness (QED) is 0.0540. The van der Waals surface area contributed by atoms with Crippen LogP contribution in [0.15, 0.2) is 146 Å². The van der Waals surface area contributed by atoms with E-state index in [1.165, 1.54) is 14.0 Å². The van der Waals surface area contributed by atoms with Gasteiger partial charge in [-0.25, -0.2) is 9.59 Å².